The van der Waals surface area contributed by atoms with Gasteiger partial charge in [-0.25, -0.2) is 14.8 Å². The van der Waals surface area contributed by atoms with Crippen LogP contribution in [0.4, 0.5) is 0 Å². The second-order valence-electron chi connectivity index (χ2n) is 9.15. The first-order valence-corrected chi connectivity index (χ1v) is 11.6. The van der Waals surface area contributed by atoms with Gasteiger partial charge in [-0.1, -0.05) is 68.8 Å². The molecule has 172 valence electrons. The van der Waals surface area contributed by atoms with Crippen LogP contribution in [-0.4, -0.2) is 41.4 Å². The van der Waals surface area contributed by atoms with Gasteiger partial charge < -0.3 is 5.73 Å². The van der Waals surface area contributed by atoms with Gasteiger partial charge in [-0.15, -0.1) is 5.10 Å². The van der Waals surface area contributed by atoms with Crippen LogP contribution in [0.25, 0.3) is 22.5 Å². The number of rotatable bonds is 10. The highest BCUT2D eigenvalue weighted by Crippen LogP contribution is 2.30. The Bertz CT molecular complexity index is 1130. The van der Waals surface area contributed by atoms with E-state index in [1.807, 2.05) is 22.9 Å². The lowest BCUT2D eigenvalue weighted by Crippen LogP contribution is -2.22. The Hall–Kier alpha value is -3.39. The molecule has 0 amide bonds. The Labute approximate surface area is 194 Å². The molecule has 0 saturated heterocycles. The van der Waals surface area contributed by atoms with Gasteiger partial charge >= 0.3 is 0 Å². The van der Waals surface area contributed by atoms with Crippen LogP contribution >= 0.6 is 0 Å². The Morgan fingerprint density at radius 2 is 1.73 bits per heavy atom. The van der Waals surface area contributed by atoms with Gasteiger partial charge in [0.05, 0.1) is 6.54 Å². The molecule has 8 heteroatoms. The van der Waals surface area contributed by atoms with E-state index in [1.165, 1.54) is 5.56 Å². The molecule has 0 aliphatic rings. The normalized spacial score (nSPS) is 13.4. The minimum absolute atomic E-state index is 0.131. The summed E-state index contributed by atoms with van der Waals surface area (Å²) in [6, 6.07) is 16.8. The van der Waals surface area contributed by atoms with E-state index in [2.05, 4.69) is 81.8 Å². The van der Waals surface area contributed by atoms with Gasteiger partial charge in [0.25, 0.3) is 0 Å². The predicted molar refractivity (Wildman–Crippen MR) is 129 cm³/mol. The largest absolute Gasteiger partial charge is 0.328 e. The van der Waals surface area contributed by atoms with Crippen molar-refractivity contribution >= 4 is 0 Å². The SMILES string of the molecule is CC(C)CCC(CC(C)N)c1ncnn1Cc1ccc(-c2ccccc2-c2nnn[nH]2)cc1. The van der Waals surface area contributed by atoms with E-state index in [-0.39, 0.29) is 6.04 Å². The first-order valence-electron chi connectivity index (χ1n) is 11.6. The molecule has 0 aliphatic carbocycles. The zero-order chi connectivity index (χ0) is 23.2. The van der Waals surface area contributed by atoms with Crippen molar-refractivity contribution in [1.29, 1.82) is 0 Å². The third kappa shape index (κ3) is 5.70. The first-order chi connectivity index (χ1) is 16.0. The minimum atomic E-state index is 0.131. The lowest BCUT2D eigenvalue weighted by Gasteiger charge is -2.20. The first kappa shape index (κ1) is 22.8. The van der Waals surface area contributed by atoms with Crippen molar-refractivity contribution in [3.05, 3.63) is 66.2 Å². The number of nitrogens with one attached hydrogen (secondary N) is 1. The van der Waals surface area contributed by atoms with Crippen molar-refractivity contribution in [2.75, 3.05) is 0 Å². The Kier molecular flexibility index (Phi) is 7.24. The van der Waals surface area contributed by atoms with Crippen molar-refractivity contribution in [1.82, 2.24) is 35.4 Å². The maximum Gasteiger partial charge on any atom is 0.180 e. The number of nitrogens with zero attached hydrogens (tertiary/aromatic N) is 6. The molecule has 33 heavy (non-hydrogen) atoms. The lowest BCUT2D eigenvalue weighted by atomic mass is 9.92. The molecule has 2 heterocycles. The molecule has 4 aromatic rings. The third-order valence-corrected chi connectivity index (χ3v) is 5.88. The van der Waals surface area contributed by atoms with E-state index in [4.69, 9.17) is 5.73 Å². The van der Waals surface area contributed by atoms with Gasteiger partial charge in [-0.3, -0.25) is 0 Å². The Morgan fingerprint density at radius 1 is 0.970 bits per heavy atom. The number of hydrogen-bond donors (Lipinski definition) is 2. The molecule has 4 rings (SSSR count). The molecule has 0 spiro atoms. The summed E-state index contributed by atoms with van der Waals surface area (Å²) in [6.45, 7) is 7.26. The molecule has 0 radical (unpaired) electrons. The number of aromatic nitrogens is 7. The number of tetrazole rings is 1. The minimum Gasteiger partial charge on any atom is -0.328 e. The summed E-state index contributed by atoms with van der Waals surface area (Å²) < 4.78 is 2.02. The predicted octanol–water partition coefficient (Wildman–Crippen LogP) is 4.43. The summed E-state index contributed by atoms with van der Waals surface area (Å²) in [5.74, 6) is 2.65. The summed E-state index contributed by atoms with van der Waals surface area (Å²) in [5, 5.41) is 18.9. The molecule has 0 saturated carbocycles. The molecular weight excluding hydrogens is 412 g/mol. The number of benzene rings is 2. The molecule has 2 aromatic carbocycles. The summed E-state index contributed by atoms with van der Waals surface area (Å²) in [5.41, 5.74) is 10.5. The highest BCUT2D eigenvalue weighted by Gasteiger charge is 2.20. The van der Waals surface area contributed by atoms with Crippen LogP contribution in [0, 0.1) is 5.92 Å². The molecule has 2 atom stereocenters. The van der Waals surface area contributed by atoms with Gasteiger partial charge in [0.15, 0.2) is 5.82 Å². The molecule has 2 aromatic heterocycles. The summed E-state index contributed by atoms with van der Waals surface area (Å²) in [7, 11) is 0. The van der Waals surface area contributed by atoms with Crippen LogP contribution in [0.2, 0.25) is 0 Å². The maximum absolute atomic E-state index is 6.16. The van der Waals surface area contributed by atoms with Crippen molar-refractivity contribution in [2.45, 2.75) is 58.5 Å². The maximum atomic E-state index is 6.16. The molecule has 8 nitrogen and oxygen atoms in total. The smallest absolute Gasteiger partial charge is 0.180 e. The summed E-state index contributed by atoms with van der Waals surface area (Å²) in [4.78, 5) is 4.62. The number of hydrogen-bond acceptors (Lipinski definition) is 6. The van der Waals surface area contributed by atoms with Crippen LogP contribution < -0.4 is 5.73 Å². The second kappa shape index (κ2) is 10.5. The quantitative estimate of drug-likeness (QED) is 0.374. The van der Waals surface area contributed by atoms with E-state index in [1.54, 1.807) is 6.33 Å². The number of H-pyrrole nitrogens is 1. The van der Waals surface area contributed by atoms with Crippen molar-refractivity contribution in [3.8, 4) is 22.5 Å². The molecular formula is C25H32N8. The molecule has 0 fully saturated rings. The van der Waals surface area contributed by atoms with Gasteiger partial charge in [0.1, 0.15) is 12.2 Å². The molecule has 0 aliphatic heterocycles. The summed E-state index contributed by atoms with van der Waals surface area (Å²) >= 11 is 0. The van der Waals surface area contributed by atoms with Crippen LogP contribution in [0.1, 0.15) is 57.3 Å². The summed E-state index contributed by atoms with van der Waals surface area (Å²) in [6.07, 6.45) is 4.80. The van der Waals surface area contributed by atoms with E-state index >= 15 is 0 Å². The Balaban J connectivity index is 1.54. The van der Waals surface area contributed by atoms with E-state index < -0.39 is 0 Å². The average Bonchev–Trinajstić information content (AvgIpc) is 3.49. The van der Waals surface area contributed by atoms with Crippen molar-refractivity contribution in [3.63, 3.8) is 0 Å². The highest BCUT2D eigenvalue weighted by atomic mass is 15.5. The van der Waals surface area contributed by atoms with Crippen LogP contribution in [0.5, 0.6) is 0 Å². The highest BCUT2D eigenvalue weighted by molar-refractivity contribution is 5.80. The van der Waals surface area contributed by atoms with Crippen molar-refractivity contribution < 1.29 is 0 Å². The average molecular weight is 445 g/mol. The second-order valence-corrected chi connectivity index (χ2v) is 9.15. The van der Waals surface area contributed by atoms with Gasteiger partial charge in [0, 0.05) is 17.5 Å². The Morgan fingerprint density at radius 3 is 2.39 bits per heavy atom. The lowest BCUT2D eigenvalue weighted by molar-refractivity contribution is 0.428. The van der Waals surface area contributed by atoms with Gasteiger partial charge in [-0.05, 0) is 52.8 Å². The monoisotopic (exact) mass is 444 g/mol. The van der Waals surface area contributed by atoms with Crippen LogP contribution in [0.15, 0.2) is 54.9 Å². The topological polar surface area (TPSA) is 111 Å². The number of nitrogens with two attached hydrogens (primary N) is 1. The zero-order valence-corrected chi connectivity index (χ0v) is 19.5. The van der Waals surface area contributed by atoms with E-state index in [9.17, 15) is 0 Å². The standard InChI is InChI=1S/C25H32N8/c1-17(2)8-11-21(14-18(3)26)25-27-16-28-33(25)15-19-9-12-20(13-10-19)22-6-4-5-7-23(22)24-29-31-32-30-24/h4-7,9-10,12-13,16-18,21H,8,11,14-15,26H2,1-3H3,(H,29,30,31,32). The molecule has 3 N–H and O–H groups in total. The third-order valence-electron chi connectivity index (χ3n) is 5.88. The molecule has 2 unspecified atom stereocenters. The fourth-order valence-corrected chi connectivity index (χ4v) is 4.22. The van der Waals surface area contributed by atoms with Gasteiger partial charge in [0.2, 0.25) is 0 Å². The molecule has 0 bridgehead atoms. The van der Waals surface area contributed by atoms with Gasteiger partial charge in [-0.2, -0.15) is 5.10 Å². The van der Waals surface area contributed by atoms with E-state index in [0.717, 1.165) is 41.8 Å². The number of aromatic amines is 1. The fourth-order valence-electron chi connectivity index (χ4n) is 4.22. The zero-order valence-electron chi connectivity index (χ0n) is 19.5. The van der Waals surface area contributed by atoms with Crippen molar-refractivity contribution in [2.24, 2.45) is 11.7 Å². The van der Waals surface area contributed by atoms with Crippen LogP contribution in [0.3, 0.4) is 0 Å². The van der Waals surface area contributed by atoms with E-state index in [0.29, 0.717) is 24.2 Å². The van der Waals surface area contributed by atoms with Crippen LogP contribution in [-0.2, 0) is 6.54 Å². The fraction of sp³-hybridized carbons (Fsp3) is 0.400.